The molecule has 162 valence electrons. The number of nitrogens with zero attached hydrogens (tertiary/aromatic N) is 1. The number of hydrogen-bond acceptors (Lipinski definition) is 2. The molecule has 0 aliphatic carbocycles. The van der Waals surface area contributed by atoms with Crippen molar-refractivity contribution in [2.24, 2.45) is 0 Å². The van der Waals surface area contributed by atoms with Crippen molar-refractivity contribution in [3.8, 4) is 16.9 Å². The van der Waals surface area contributed by atoms with Crippen LogP contribution < -0.4 is 9.64 Å². The molecule has 5 heteroatoms. The summed E-state index contributed by atoms with van der Waals surface area (Å²) in [7, 11) is 0. The SMILES string of the molecule is O=C1N(Cc2ccccc2-c2ccccc2)c2ccccc2C12COc1cc(F)c(F)cc12. The molecule has 0 saturated heterocycles. The van der Waals surface area contributed by atoms with Gasteiger partial charge < -0.3 is 9.64 Å². The first-order valence-corrected chi connectivity index (χ1v) is 10.8. The molecule has 1 unspecified atom stereocenters. The molecule has 33 heavy (non-hydrogen) atoms. The van der Waals surface area contributed by atoms with Crippen LogP contribution in [0.1, 0.15) is 16.7 Å². The summed E-state index contributed by atoms with van der Waals surface area (Å²) in [6, 6.07) is 27.6. The van der Waals surface area contributed by atoms with Gasteiger partial charge in [-0.15, -0.1) is 0 Å². The lowest BCUT2D eigenvalue weighted by atomic mass is 9.77. The first kappa shape index (κ1) is 19.7. The number of ether oxygens (including phenoxy) is 1. The topological polar surface area (TPSA) is 29.5 Å². The number of halogens is 2. The Kier molecular flexibility index (Phi) is 4.34. The predicted octanol–water partition coefficient (Wildman–Crippen LogP) is 5.86. The molecule has 2 heterocycles. The van der Waals surface area contributed by atoms with Crippen molar-refractivity contribution in [1.82, 2.24) is 0 Å². The Morgan fingerprint density at radius 3 is 2.36 bits per heavy atom. The second kappa shape index (κ2) is 7.27. The molecule has 6 rings (SSSR count). The lowest BCUT2D eigenvalue weighted by Crippen LogP contribution is -2.42. The van der Waals surface area contributed by atoms with E-state index in [4.69, 9.17) is 4.74 Å². The molecule has 0 aromatic heterocycles. The summed E-state index contributed by atoms with van der Waals surface area (Å²) in [5.74, 6) is -1.96. The van der Waals surface area contributed by atoms with Crippen molar-refractivity contribution >= 4 is 11.6 Å². The molecule has 1 amide bonds. The molecule has 3 nitrogen and oxygen atoms in total. The number of fused-ring (bicyclic) bond motifs is 4. The Hall–Kier alpha value is -3.99. The summed E-state index contributed by atoms with van der Waals surface area (Å²) in [6.07, 6.45) is 0. The number of amides is 1. The van der Waals surface area contributed by atoms with Crippen LogP contribution in [0.25, 0.3) is 11.1 Å². The minimum Gasteiger partial charge on any atom is -0.491 e. The summed E-state index contributed by atoms with van der Waals surface area (Å²) in [4.78, 5) is 15.8. The lowest BCUT2D eigenvalue weighted by molar-refractivity contribution is -0.122. The molecular formula is C28H19F2NO2. The van der Waals surface area contributed by atoms with Crippen molar-refractivity contribution in [2.45, 2.75) is 12.0 Å². The van der Waals surface area contributed by atoms with Gasteiger partial charge in [0.2, 0.25) is 5.91 Å². The van der Waals surface area contributed by atoms with Gasteiger partial charge in [-0.1, -0.05) is 72.8 Å². The Morgan fingerprint density at radius 2 is 1.52 bits per heavy atom. The normalized spacial score (nSPS) is 18.4. The zero-order chi connectivity index (χ0) is 22.6. The van der Waals surface area contributed by atoms with Crippen LogP contribution in [-0.2, 0) is 16.8 Å². The summed E-state index contributed by atoms with van der Waals surface area (Å²) in [6.45, 7) is 0.361. The van der Waals surface area contributed by atoms with Gasteiger partial charge in [-0.3, -0.25) is 4.79 Å². The van der Waals surface area contributed by atoms with E-state index in [0.29, 0.717) is 12.1 Å². The Labute approximate surface area is 189 Å². The minimum absolute atomic E-state index is 0.0118. The highest BCUT2D eigenvalue weighted by molar-refractivity contribution is 6.11. The summed E-state index contributed by atoms with van der Waals surface area (Å²) >= 11 is 0. The molecule has 0 N–H and O–H groups in total. The largest absolute Gasteiger partial charge is 0.491 e. The zero-order valence-electron chi connectivity index (χ0n) is 17.6. The van der Waals surface area contributed by atoms with Crippen LogP contribution in [0.2, 0.25) is 0 Å². The molecule has 0 bridgehead atoms. The number of rotatable bonds is 3. The molecule has 0 radical (unpaired) electrons. The second-order valence-corrected chi connectivity index (χ2v) is 8.39. The van der Waals surface area contributed by atoms with Crippen LogP contribution in [0.3, 0.4) is 0 Å². The molecule has 0 fully saturated rings. The van der Waals surface area contributed by atoms with Gasteiger partial charge in [-0.25, -0.2) is 8.78 Å². The van der Waals surface area contributed by atoms with Gasteiger partial charge in [-0.2, -0.15) is 0 Å². The molecule has 4 aromatic carbocycles. The van der Waals surface area contributed by atoms with E-state index in [0.717, 1.165) is 40.1 Å². The molecule has 0 saturated carbocycles. The lowest BCUT2D eigenvalue weighted by Gasteiger charge is -2.24. The van der Waals surface area contributed by atoms with Gasteiger partial charge in [0, 0.05) is 17.3 Å². The van der Waals surface area contributed by atoms with Crippen molar-refractivity contribution in [3.05, 3.63) is 119 Å². The van der Waals surface area contributed by atoms with E-state index in [-0.39, 0.29) is 18.3 Å². The van der Waals surface area contributed by atoms with Crippen LogP contribution >= 0.6 is 0 Å². The van der Waals surface area contributed by atoms with Crippen molar-refractivity contribution in [3.63, 3.8) is 0 Å². The summed E-state index contributed by atoms with van der Waals surface area (Å²) < 4.78 is 33.8. The maximum atomic E-state index is 14.2. The highest BCUT2D eigenvalue weighted by Gasteiger charge is 2.57. The average molecular weight is 439 g/mol. The molecular weight excluding hydrogens is 420 g/mol. The first-order valence-electron chi connectivity index (χ1n) is 10.8. The first-order chi connectivity index (χ1) is 16.1. The maximum absolute atomic E-state index is 14.2. The van der Waals surface area contributed by atoms with E-state index in [9.17, 15) is 13.6 Å². The van der Waals surface area contributed by atoms with E-state index in [1.165, 1.54) is 0 Å². The number of hydrogen-bond donors (Lipinski definition) is 0. The molecule has 2 aliphatic rings. The van der Waals surface area contributed by atoms with Crippen LogP contribution in [-0.4, -0.2) is 12.5 Å². The number of carbonyl (C=O) groups is 1. The molecule has 1 atom stereocenters. The van der Waals surface area contributed by atoms with Crippen LogP contribution in [0, 0.1) is 11.6 Å². The van der Waals surface area contributed by atoms with E-state index >= 15 is 0 Å². The van der Waals surface area contributed by atoms with Gasteiger partial charge in [0.05, 0.1) is 6.54 Å². The molecule has 1 spiro atoms. The van der Waals surface area contributed by atoms with Gasteiger partial charge >= 0.3 is 0 Å². The van der Waals surface area contributed by atoms with Crippen LogP contribution in [0.5, 0.6) is 5.75 Å². The van der Waals surface area contributed by atoms with E-state index in [1.54, 1.807) is 4.90 Å². The number of anilines is 1. The van der Waals surface area contributed by atoms with Crippen molar-refractivity contribution in [2.75, 3.05) is 11.5 Å². The van der Waals surface area contributed by atoms with Gasteiger partial charge in [0.25, 0.3) is 0 Å². The molecule has 2 aliphatic heterocycles. The number of carbonyl (C=O) groups excluding carboxylic acids is 1. The fraction of sp³-hybridized carbons (Fsp3) is 0.107. The fourth-order valence-electron chi connectivity index (χ4n) is 5.05. The van der Waals surface area contributed by atoms with Gasteiger partial charge in [0.15, 0.2) is 11.6 Å². The Morgan fingerprint density at radius 1 is 0.818 bits per heavy atom. The third-order valence-electron chi connectivity index (χ3n) is 6.62. The van der Waals surface area contributed by atoms with Crippen molar-refractivity contribution in [1.29, 1.82) is 0 Å². The minimum atomic E-state index is -1.19. The highest BCUT2D eigenvalue weighted by Crippen LogP contribution is 2.53. The number of para-hydroxylation sites is 1. The zero-order valence-corrected chi connectivity index (χ0v) is 17.6. The summed E-state index contributed by atoms with van der Waals surface area (Å²) in [5, 5.41) is 0. The average Bonchev–Trinajstić information content (AvgIpc) is 3.32. The van der Waals surface area contributed by atoms with Crippen LogP contribution in [0.4, 0.5) is 14.5 Å². The van der Waals surface area contributed by atoms with Crippen LogP contribution in [0.15, 0.2) is 91.0 Å². The monoisotopic (exact) mass is 439 g/mol. The standard InChI is InChI=1S/C28H19F2NO2/c29-23-14-22-26(15-24(23)30)33-17-28(22)21-12-6-7-13-25(21)31(27(28)32)16-19-10-4-5-11-20(19)18-8-2-1-3-9-18/h1-15H,16-17H2. The second-order valence-electron chi connectivity index (χ2n) is 8.39. The van der Waals surface area contributed by atoms with E-state index in [1.807, 2.05) is 78.9 Å². The molecule has 4 aromatic rings. The van der Waals surface area contributed by atoms with Crippen molar-refractivity contribution < 1.29 is 18.3 Å². The fourth-order valence-corrected chi connectivity index (χ4v) is 5.05. The quantitative estimate of drug-likeness (QED) is 0.400. The van der Waals surface area contributed by atoms with Gasteiger partial charge in [0.1, 0.15) is 17.8 Å². The Balaban J connectivity index is 1.48. The Bertz CT molecular complexity index is 1400. The van der Waals surface area contributed by atoms with Gasteiger partial charge in [-0.05, 0) is 34.4 Å². The van der Waals surface area contributed by atoms with E-state index < -0.39 is 17.0 Å². The van der Waals surface area contributed by atoms with E-state index in [2.05, 4.69) is 0 Å². The number of benzene rings is 4. The smallest absolute Gasteiger partial charge is 0.246 e. The highest BCUT2D eigenvalue weighted by atomic mass is 19.2. The third-order valence-corrected chi connectivity index (χ3v) is 6.62. The summed E-state index contributed by atoms with van der Waals surface area (Å²) in [5.41, 5.74) is 3.78. The third kappa shape index (κ3) is 2.82. The maximum Gasteiger partial charge on any atom is 0.246 e. The predicted molar refractivity (Wildman–Crippen MR) is 122 cm³/mol.